The highest BCUT2D eigenvalue weighted by atomic mass is 16.2. The van der Waals surface area contributed by atoms with Crippen LogP contribution in [0.5, 0.6) is 0 Å². The normalized spacial score (nSPS) is 10.4. The lowest BCUT2D eigenvalue weighted by atomic mass is 10.2. The second-order valence-corrected chi connectivity index (χ2v) is 3.51. The number of urea groups is 1. The maximum absolute atomic E-state index is 10.3. The molecule has 0 saturated carbocycles. The molecule has 0 aromatic rings. The van der Waals surface area contributed by atoms with E-state index in [9.17, 15) is 4.79 Å². The summed E-state index contributed by atoms with van der Waals surface area (Å²) in [5, 5.41) is 2.57. The number of hydrogen-bond donors (Lipinski definition) is 2. The molecule has 0 aliphatic carbocycles. The van der Waals surface area contributed by atoms with Crippen molar-refractivity contribution in [1.82, 2.24) is 10.2 Å². The van der Waals surface area contributed by atoms with Crippen LogP contribution in [0.3, 0.4) is 0 Å². The third-order valence-electron chi connectivity index (χ3n) is 1.83. The summed E-state index contributed by atoms with van der Waals surface area (Å²) in [6.07, 6.45) is 4.63. The molecule has 0 unspecified atom stereocenters. The van der Waals surface area contributed by atoms with E-state index in [-0.39, 0.29) is 0 Å². The molecule has 78 valence electrons. The van der Waals surface area contributed by atoms with Crippen molar-refractivity contribution in [3.05, 3.63) is 0 Å². The zero-order valence-corrected chi connectivity index (χ0v) is 8.68. The molecule has 0 heterocycles. The molecular weight excluding hydrogens is 166 g/mol. The smallest absolute Gasteiger partial charge is 0.312 e. The predicted octanol–water partition coefficient (Wildman–Crippen LogP) is 0.777. The van der Waals surface area contributed by atoms with Crippen LogP contribution in [0.15, 0.2) is 0 Å². The van der Waals surface area contributed by atoms with Gasteiger partial charge in [0.15, 0.2) is 0 Å². The van der Waals surface area contributed by atoms with Crippen LogP contribution in [-0.2, 0) is 0 Å². The molecule has 4 nitrogen and oxygen atoms in total. The van der Waals surface area contributed by atoms with Gasteiger partial charge in [0.05, 0.1) is 0 Å². The zero-order chi connectivity index (χ0) is 10.1. The van der Waals surface area contributed by atoms with E-state index < -0.39 is 6.03 Å². The minimum atomic E-state index is -0.423. The Labute approximate surface area is 80.5 Å². The van der Waals surface area contributed by atoms with Crippen LogP contribution in [0.25, 0.3) is 0 Å². The molecule has 4 heteroatoms. The quantitative estimate of drug-likeness (QED) is 0.579. The first-order valence-corrected chi connectivity index (χ1v) is 4.81. The summed E-state index contributed by atoms with van der Waals surface area (Å²) in [6, 6.07) is -0.423. The highest BCUT2D eigenvalue weighted by Gasteiger charge is 1.93. The maximum Gasteiger partial charge on any atom is 0.312 e. The monoisotopic (exact) mass is 187 g/mol. The van der Waals surface area contributed by atoms with Crippen molar-refractivity contribution >= 4 is 6.03 Å². The van der Waals surface area contributed by atoms with E-state index in [0.29, 0.717) is 6.54 Å². The lowest BCUT2D eigenvalue weighted by Gasteiger charge is -2.08. The standard InChI is InChI=1S/C9H21N3O/c1-12(2)8-6-4-3-5-7-11-9(10)13/h3-8H2,1-2H3,(H3,10,11,13). The number of rotatable bonds is 7. The Morgan fingerprint density at radius 2 is 1.85 bits per heavy atom. The van der Waals surface area contributed by atoms with E-state index in [0.717, 1.165) is 19.4 Å². The molecule has 0 aliphatic rings. The van der Waals surface area contributed by atoms with Gasteiger partial charge < -0.3 is 16.0 Å². The van der Waals surface area contributed by atoms with E-state index in [1.165, 1.54) is 12.8 Å². The zero-order valence-electron chi connectivity index (χ0n) is 8.68. The summed E-state index contributed by atoms with van der Waals surface area (Å²) >= 11 is 0. The minimum absolute atomic E-state index is 0.423. The highest BCUT2D eigenvalue weighted by molar-refractivity contribution is 5.71. The first-order valence-electron chi connectivity index (χ1n) is 4.81. The van der Waals surface area contributed by atoms with Crippen molar-refractivity contribution in [2.75, 3.05) is 27.2 Å². The van der Waals surface area contributed by atoms with Gasteiger partial charge in [-0.25, -0.2) is 4.79 Å². The summed E-state index contributed by atoms with van der Waals surface area (Å²) in [6.45, 7) is 1.85. The fourth-order valence-electron chi connectivity index (χ4n) is 1.12. The third kappa shape index (κ3) is 11.2. The van der Waals surface area contributed by atoms with Gasteiger partial charge in [-0.05, 0) is 33.5 Å². The predicted molar refractivity (Wildman–Crippen MR) is 54.6 cm³/mol. The molecule has 0 saturated heterocycles. The van der Waals surface area contributed by atoms with Gasteiger partial charge in [0.1, 0.15) is 0 Å². The van der Waals surface area contributed by atoms with Crippen LogP contribution >= 0.6 is 0 Å². The summed E-state index contributed by atoms with van der Waals surface area (Å²) in [5.41, 5.74) is 4.92. The molecule has 13 heavy (non-hydrogen) atoms. The van der Waals surface area contributed by atoms with E-state index in [2.05, 4.69) is 24.3 Å². The van der Waals surface area contributed by atoms with Gasteiger partial charge in [-0.15, -0.1) is 0 Å². The van der Waals surface area contributed by atoms with Crippen molar-refractivity contribution in [3.63, 3.8) is 0 Å². The fourth-order valence-corrected chi connectivity index (χ4v) is 1.12. The largest absolute Gasteiger partial charge is 0.352 e. The Hall–Kier alpha value is -0.770. The van der Waals surface area contributed by atoms with Crippen molar-refractivity contribution in [2.24, 2.45) is 5.73 Å². The van der Waals surface area contributed by atoms with Crippen molar-refractivity contribution in [3.8, 4) is 0 Å². The van der Waals surface area contributed by atoms with Crippen LogP contribution in [-0.4, -0.2) is 38.1 Å². The van der Waals surface area contributed by atoms with Gasteiger partial charge in [0.25, 0.3) is 0 Å². The molecule has 0 fully saturated rings. The Balaban J connectivity index is 2.96. The Bertz CT molecular complexity index is 137. The summed E-state index contributed by atoms with van der Waals surface area (Å²) < 4.78 is 0. The Morgan fingerprint density at radius 1 is 1.23 bits per heavy atom. The topological polar surface area (TPSA) is 58.4 Å². The van der Waals surface area contributed by atoms with Gasteiger partial charge in [-0.1, -0.05) is 12.8 Å². The minimum Gasteiger partial charge on any atom is -0.352 e. The fraction of sp³-hybridized carbons (Fsp3) is 0.889. The molecule has 3 N–H and O–H groups in total. The average Bonchev–Trinajstić information content (AvgIpc) is 2.01. The molecule has 0 radical (unpaired) electrons. The average molecular weight is 187 g/mol. The number of nitrogens with two attached hydrogens (primary N) is 1. The third-order valence-corrected chi connectivity index (χ3v) is 1.83. The molecule has 0 atom stereocenters. The van der Waals surface area contributed by atoms with Gasteiger partial charge in [-0.2, -0.15) is 0 Å². The number of carbonyl (C=O) groups excluding carboxylic acids is 1. The lowest BCUT2D eigenvalue weighted by Crippen LogP contribution is -2.29. The van der Waals surface area contributed by atoms with Crippen LogP contribution < -0.4 is 11.1 Å². The Kier molecular flexibility index (Phi) is 7.39. The number of nitrogens with zero attached hydrogens (tertiary/aromatic N) is 1. The van der Waals surface area contributed by atoms with E-state index >= 15 is 0 Å². The van der Waals surface area contributed by atoms with E-state index in [4.69, 9.17) is 5.73 Å². The molecular formula is C9H21N3O. The second-order valence-electron chi connectivity index (χ2n) is 3.51. The van der Waals surface area contributed by atoms with Crippen LogP contribution in [0.4, 0.5) is 4.79 Å². The molecule has 0 rings (SSSR count). The van der Waals surface area contributed by atoms with Gasteiger partial charge >= 0.3 is 6.03 Å². The first kappa shape index (κ1) is 12.2. The first-order chi connectivity index (χ1) is 6.13. The second kappa shape index (κ2) is 7.86. The van der Waals surface area contributed by atoms with Crippen LogP contribution in [0.2, 0.25) is 0 Å². The summed E-state index contributed by atoms with van der Waals surface area (Å²) in [4.78, 5) is 12.5. The number of nitrogens with one attached hydrogen (secondary N) is 1. The molecule has 0 spiro atoms. The molecule has 0 bridgehead atoms. The van der Waals surface area contributed by atoms with Crippen molar-refractivity contribution in [1.29, 1.82) is 0 Å². The van der Waals surface area contributed by atoms with Crippen molar-refractivity contribution < 1.29 is 4.79 Å². The van der Waals surface area contributed by atoms with E-state index in [1.54, 1.807) is 0 Å². The SMILES string of the molecule is CN(C)CCCCCCNC(N)=O. The number of hydrogen-bond acceptors (Lipinski definition) is 2. The molecule has 2 amide bonds. The summed E-state index contributed by atoms with van der Waals surface area (Å²) in [5.74, 6) is 0. The number of primary amides is 1. The van der Waals surface area contributed by atoms with Crippen LogP contribution in [0.1, 0.15) is 25.7 Å². The van der Waals surface area contributed by atoms with Crippen molar-refractivity contribution in [2.45, 2.75) is 25.7 Å². The van der Waals surface area contributed by atoms with E-state index in [1.807, 2.05) is 0 Å². The van der Waals surface area contributed by atoms with Crippen LogP contribution in [0, 0.1) is 0 Å². The number of carbonyl (C=O) groups is 1. The maximum atomic E-state index is 10.3. The van der Waals surface area contributed by atoms with Gasteiger partial charge in [0.2, 0.25) is 0 Å². The molecule has 0 aromatic carbocycles. The Morgan fingerprint density at radius 3 is 2.38 bits per heavy atom. The van der Waals surface area contributed by atoms with Gasteiger partial charge in [0, 0.05) is 6.54 Å². The summed E-state index contributed by atoms with van der Waals surface area (Å²) in [7, 11) is 4.16. The molecule has 0 aliphatic heterocycles. The highest BCUT2D eigenvalue weighted by Crippen LogP contribution is 1.99. The molecule has 0 aromatic heterocycles. The number of unbranched alkanes of at least 4 members (excludes halogenated alkanes) is 3. The van der Waals surface area contributed by atoms with Gasteiger partial charge in [-0.3, -0.25) is 0 Å². The number of amides is 2. The lowest BCUT2D eigenvalue weighted by molar-refractivity contribution is 0.248.